The van der Waals surface area contributed by atoms with Gasteiger partial charge in [-0.1, -0.05) is 25.5 Å². The molecule has 1 N–H and O–H groups in total. The second kappa shape index (κ2) is 3.11. The number of aliphatic imine (C=N–C) groups is 1. The fraction of sp³-hybridized carbons (Fsp3) is 0.750. The fourth-order valence-electron chi connectivity index (χ4n) is 3.05. The lowest BCUT2D eigenvalue weighted by molar-refractivity contribution is 0.496. The maximum Gasteiger partial charge on any atom is 0.0970 e. The molecule has 4 unspecified atom stereocenters. The Morgan fingerprint density at radius 1 is 1.43 bits per heavy atom. The SMILES string of the molecule is CCCCC1=NC2C3C=CC(C3)C2N1. The van der Waals surface area contributed by atoms with Crippen molar-refractivity contribution in [1.29, 1.82) is 0 Å². The molecule has 4 atom stereocenters. The summed E-state index contributed by atoms with van der Waals surface area (Å²) < 4.78 is 0. The number of rotatable bonds is 3. The Labute approximate surface area is 85.5 Å². The molecule has 2 bridgehead atoms. The van der Waals surface area contributed by atoms with Gasteiger partial charge >= 0.3 is 0 Å². The number of hydrogen-bond donors (Lipinski definition) is 1. The molecular weight excluding hydrogens is 172 g/mol. The van der Waals surface area contributed by atoms with Crippen molar-refractivity contribution in [3.8, 4) is 0 Å². The first kappa shape index (κ1) is 8.51. The van der Waals surface area contributed by atoms with E-state index in [1.807, 2.05) is 0 Å². The Bertz CT molecular complexity index is 293. The van der Waals surface area contributed by atoms with Crippen LogP contribution in [0.5, 0.6) is 0 Å². The summed E-state index contributed by atoms with van der Waals surface area (Å²) in [5, 5.41) is 3.62. The van der Waals surface area contributed by atoms with Gasteiger partial charge in [-0.25, -0.2) is 0 Å². The molecule has 76 valence electrons. The van der Waals surface area contributed by atoms with Crippen LogP contribution in [-0.2, 0) is 0 Å². The third-order valence-electron chi connectivity index (χ3n) is 3.82. The van der Waals surface area contributed by atoms with E-state index in [-0.39, 0.29) is 0 Å². The molecule has 0 amide bonds. The molecule has 1 heterocycles. The minimum absolute atomic E-state index is 0.580. The van der Waals surface area contributed by atoms with E-state index in [1.54, 1.807) is 0 Å². The van der Waals surface area contributed by atoms with Gasteiger partial charge in [-0.15, -0.1) is 0 Å². The van der Waals surface area contributed by atoms with E-state index in [0.717, 1.165) is 18.3 Å². The first-order valence-electron chi connectivity index (χ1n) is 5.90. The minimum atomic E-state index is 0.580. The highest BCUT2D eigenvalue weighted by Gasteiger charge is 2.47. The van der Waals surface area contributed by atoms with Crippen LogP contribution in [-0.4, -0.2) is 17.9 Å². The maximum absolute atomic E-state index is 4.82. The van der Waals surface area contributed by atoms with Gasteiger partial charge in [0.05, 0.1) is 17.9 Å². The van der Waals surface area contributed by atoms with E-state index < -0.39 is 0 Å². The molecule has 1 saturated carbocycles. The zero-order chi connectivity index (χ0) is 9.54. The quantitative estimate of drug-likeness (QED) is 0.677. The molecule has 0 aromatic rings. The third-order valence-corrected chi connectivity index (χ3v) is 3.82. The Kier molecular flexibility index (Phi) is 1.89. The van der Waals surface area contributed by atoms with E-state index >= 15 is 0 Å². The van der Waals surface area contributed by atoms with Crippen molar-refractivity contribution in [2.45, 2.75) is 44.7 Å². The number of unbranched alkanes of at least 4 members (excludes halogenated alkanes) is 1. The zero-order valence-corrected chi connectivity index (χ0v) is 8.74. The molecule has 1 aliphatic heterocycles. The predicted molar refractivity (Wildman–Crippen MR) is 58.4 cm³/mol. The summed E-state index contributed by atoms with van der Waals surface area (Å²) in [6.07, 6.45) is 9.79. The summed E-state index contributed by atoms with van der Waals surface area (Å²) in [4.78, 5) is 4.82. The average Bonchev–Trinajstić information content (AvgIpc) is 2.85. The van der Waals surface area contributed by atoms with Crippen molar-refractivity contribution in [2.75, 3.05) is 0 Å². The third kappa shape index (κ3) is 1.13. The first-order valence-corrected chi connectivity index (χ1v) is 5.90. The van der Waals surface area contributed by atoms with Crippen LogP contribution in [0.3, 0.4) is 0 Å². The van der Waals surface area contributed by atoms with Gasteiger partial charge in [0.2, 0.25) is 0 Å². The van der Waals surface area contributed by atoms with Crippen LogP contribution in [0.15, 0.2) is 17.1 Å². The summed E-state index contributed by atoms with van der Waals surface area (Å²) in [6.45, 7) is 2.24. The normalized spacial score (nSPS) is 42.5. The monoisotopic (exact) mass is 190 g/mol. The van der Waals surface area contributed by atoms with Crippen molar-refractivity contribution >= 4 is 5.84 Å². The molecule has 0 saturated heterocycles. The average molecular weight is 190 g/mol. The number of amidine groups is 1. The zero-order valence-electron chi connectivity index (χ0n) is 8.74. The lowest BCUT2D eigenvalue weighted by atomic mass is 9.98. The highest BCUT2D eigenvalue weighted by molar-refractivity contribution is 5.85. The van der Waals surface area contributed by atoms with E-state index in [4.69, 9.17) is 4.99 Å². The standard InChI is InChI=1S/C12H18N2/c1-2-3-4-10-13-11-8-5-6-9(7-8)12(11)14-10/h5-6,8-9,11-12H,2-4,7H2,1H3,(H,13,14). The summed E-state index contributed by atoms with van der Waals surface area (Å²) in [5.74, 6) is 2.80. The molecule has 0 spiro atoms. The number of nitrogens with one attached hydrogen (secondary N) is 1. The van der Waals surface area contributed by atoms with Crippen molar-refractivity contribution < 1.29 is 0 Å². The van der Waals surface area contributed by atoms with E-state index in [9.17, 15) is 0 Å². The van der Waals surface area contributed by atoms with Crippen molar-refractivity contribution in [3.63, 3.8) is 0 Å². The molecule has 2 aliphatic carbocycles. The maximum atomic E-state index is 4.82. The van der Waals surface area contributed by atoms with Crippen LogP contribution >= 0.6 is 0 Å². The summed E-state index contributed by atoms with van der Waals surface area (Å²) in [6, 6.07) is 1.23. The molecule has 0 radical (unpaired) electrons. The van der Waals surface area contributed by atoms with Gasteiger partial charge in [-0.05, 0) is 18.8 Å². The van der Waals surface area contributed by atoms with Crippen molar-refractivity contribution in [3.05, 3.63) is 12.2 Å². The highest BCUT2D eigenvalue weighted by atomic mass is 15.2. The fourth-order valence-corrected chi connectivity index (χ4v) is 3.05. The summed E-state index contributed by atoms with van der Waals surface area (Å²) >= 11 is 0. The van der Waals surface area contributed by atoms with Gasteiger partial charge in [0, 0.05) is 12.3 Å². The van der Waals surface area contributed by atoms with Gasteiger partial charge in [-0.2, -0.15) is 0 Å². The van der Waals surface area contributed by atoms with Crippen molar-refractivity contribution in [2.24, 2.45) is 16.8 Å². The largest absolute Gasteiger partial charge is 0.368 e. The van der Waals surface area contributed by atoms with Gasteiger partial charge in [0.1, 0.15) is 0 Å². The van der Waals surface area contributed by atoms with Crippen LogP contribution in [0.4, 0.5) is 0 Å². The Morgan fingerprint density at radius 2 is 2.29 bits per heavy atom. The molecule has 2 heteroatoms. The number of nitrogens with zero attached hydrogens (tertiary/aromatic N) is 1. The molecule has 1 fully saturated rings. The first-order chi connectivity index (χ1) is 6.88. The van der Waals surface area contributed by atoms with Crippen LogP contribution < -0.4 is 5.32 Å². The second-order valence-corrected chi connectivity index (χ2v) is 4.79. The molecule has 2 nitrogen and oxygen atoms in total. The highest BCUT2D eigenvalue weighted by Crippen LogP contribution is 2.43. The van der Waals surface area contributed by atoms with Crippen LogP contribution in [0, 0.1) is 11.8 Å². The lowest BCUT2D eigenvalue weighted by Gasteiger charge is -2.18. The molecule has 0 aromatic heterocycles. The van der Waals surface area contributed by atoms with Crippen LogP contribution in [0.25, 0.3) is 0 Å². The molecule has 0 aromatic carbocycles. The van der Waals surface area contributed by atoms with E-state index in [2.05, 4.69) is 24.4 Å². The second-order valence-electron chi connectivity index (χ2n) is 4.79. The molecule has 3 aliphatic rings. The van der Waals surface area contributed by atoms with Gasteiger partial charge in [-0.3, -0.25) is 4.99 Å². The molecular formula is C12H18N2. The molecule has 3 rings (SSSR count). The lowest BCUT2D eigenvalue weighted by Crippen LogP contribution is -2.37. The number of hydrogen-bond acceptors (Lipinski definition) is 2. The van der Waals surface area contributed by atoms with E-state index in [1.165, 1.54) is 25.1 Å². The number of fused-ring (bicyclic) bond motifs is 5. The van der Waals surface area contributed by atoms with Crippen LogP contribution in [0.2, 0.25) is 0 Å². The minimum Gasteiger partial charge on any atom is -0.368 e. The van der Waals surface area contributed by atoms with Crippen molar-refractivity contribution in [1.82, 2.24) is 5.32 Å². The molecule has 14 heavy (non-hydrogen) atoms. The summed E-state index contributed by atoms with van der Waals surface area (Å²) in [7, 11) is 0. The topological polar surface area (TPSA) is 24.4 Å². The van der Waals surface area contributed by atoms with Gasteiger partial charge < -0.3 is 5.32 Å². The Morgan fingerprint density at radius 3 is 3.07 bits per heavy atom. The van der Waals surface area contributed by atoms with Gasteiger partial charge in [0.25, 0.3) is 0 Å². The summed E-state index contributed by atoms with van der Waals surface area (Å²) in [5.41, 5.74) is 0. The smallest absolute Gasteiger partial charge is 0.0970 e. The van der Waals surface area contributed by atoms with Crippen LogP contribution in [0.1, 0.15) is 32.6 Å². The van der Waals surface area contributed by atoms with E-state index in [0.29, 0.717) is 12.1 Å². The van der Waals surface area contributed by atoms with Gasteiger partial charge in [0.15, 0.2) is 0 Å². The predicted octanol–water partition coefficient (Wildman–Crippen LogP) is 2.12. The Balaban J connectivity index is 1.69. The Hall–Kier alpha value is -0.790.